The maximum atomic E-state index is 12.1. The van der Waals surface area contributed by atoms with Crippen molar-refractivity contribution in [3.8, 4) is 0 Å². The lowest BCUT2D eigenvalue weighted by molar-refractivity contribution is -0.125. The molecule has 0 saturated heterocycles. The van der Waals surface area contributed by atoms with Crippen LogP contribution in [0.5, 0.6) is 0 Å². The first kappa shape index (κ1) is 17.4. The molecule has 1 aliphatic carbocycles. The molecule has 7 nitrogen and oxygen atoms in total. The molecule has 0 aliphatic heterocycles. The summed E-state index contributed by atoms with van der Waals surface area (Å²) >= 11 is 0. The first-order valence-corrected chi connectivity index (χ1v) is 8.38. The van der Waals surface area contributed by atoms with E-state index in [1.54, 1.807) is 11.7 Å². The maximum Gasteiger partial charge on any atom is 0.228 e. The minimum absolute atomic E-state index is 0.0727. The molecule has 2 amide bonds. The molecule has 1 heterocycles. The second kappa shape index (κ2) is 7.57. The van der Waals surface area contributed by atoms with Crippen LogP contribution in [0.1, 0.15) is 64.6 Å². The number of rotatable bonds is 6. The van der Waals surface area contributed by atoms with E-state index in [0.717, 1.165) is 25.7 Å². The Kier molecular flexibility index (Phi) is 5.74. The molecule has 0 bridgehead atoms. The van der Waals surface area contributed by atoms with Crippen molar-refractivity contribution >= 4 is 17.8 Å². The average Bonchev–Trinajstić information content (AvgIpc) is 3.09. The minimum atomic E-state index is -0.194. The quantitative estimate of drug-likeness (QED) is 0.838. The Hall–Kier alpha value is -1.92. The zero-order valence-corrected chi connectivity index (χ0v) is 14.4. The molecule has 1 aromatic rings. The molecular formula is C16H27N5O2. The fraction of sp³-hybridized carbons (Fsp3) is 0.750. The van der Waals surface area contributed by atoms with E-state index in [1.807, 2.05) is 20.8 Å². The Morgan fingerprint density at radius 1 is 1.26 bits per heavy atom. The molecule has 1 atom stereocenters. The predicted octanol–water partition coefficient (Wildman–Crippen LogP) is 1.96. The number of carbonyl (C=O) groups is 2. The van der Waals surface area contributed by atoms with Gasteiger partial charge in [-0.3, -0.25) is 14.9 Å². The van der Waals surface area contributed by atoms with Crippen LogP contribution in [0.2, 0.25) is 0 Å². The van der Waals surface area contributed by atoms with Gasteiger partial charge in [-0.2, -0.15) is 10.1 Å². The van der Waals surface area contributed by atoms with Crippen LogP contribution in [0.15, 0.2) is 0 Å². The number of nitrogens with zero attached hydrogens (tertiary/aromatic N) is 3. The van der Waals surface area contributed by atoms with Crippen molar-refractivity contribution in [2.24, 2.45) is 13.0 Å². The predicted molar refractivity (Wildman–Crippen MR) is 87.9 cm³/mol. The van der Waals surface area contributed by atoms with Gasteiger partial charge in [0.1, 0.15) is 0 Å². The summed E-state index contributed by atoms with van der Waals surface area (Å²) in [5, 5.41) is 9.96. The number of nitrogens with one attached hydrogen (secondary N) is 2. The van der Waals surface area contributed by atoms with Gasteiger partial charge in [-0.05, 0) is 19.8 Å². The van der Waals surface area contributed by atoms with Gasteiger partial charge in [0, 0.05) is 31.3 Å². The maximum absolute atomic E-state index is 12.1. The summed E-state index contributed by atoms with van der Waals surface area (Å²) in [6.07, 6.45) is 4.39. The van der Waals surface area contributed by atoms with E-state index in [4.69, 9.17) is 0 Å². The van der Waals surface area contributed by atoms with E-state index in [1.165, 1.54) is 0 Å². The van der Waals surface area contributed by atoms with E-state index >= 15 is 0 Å². The monoisotopic (exact) mass is 321 g/mol. The van der Waals surface area contributed by atoms with Crippen LogP contribution in [-0.2, 0) is 16.6 Å². The molecule has 128 valence electrons. The summed E-state index contributed by atoms with van der Waals surface area (Å²) in [7, 11) is 1.75. The lowest BCUT2D eigenvalue weighted by atomic mass is 10.1. The normalized spacial score (nSPS) is 16.6. The molecule has 0 aromatic carbocycles. The van der Waals surface area contributed by atoms with Crippen LogP contribution in [0, 0.1) is 5.92 Å². The second-order valence-corrected chi connectivity index (χ2v) is 6.72. The molecular weight excluding hydrogens is 294 g/mol. The third kappa shape index (κ3) is 4.77. The highest BCUT2D eigenvalue weighted by Gasteiger charge is 2.24. The molecule has 7 heteroatoms. The largest absolute Gasteiger partial charge is 0.353 e. The van der Waals surface area contributed by atoms with Crippen molar-refractivity contribution < 1.29 is 9.59 Å². The lowest BCUT2D eigenvalue weighted by Gasteiger charge is -2.16. The number of hydrogen-bond acceptors (Lipinski definition) is 4. The molecule has 1 aliphatic rings. The molecule has 1 aromatic heterocycles. The SMILES string of the molecule is CC(CC(=O)Nc1nc(C(C)C)nn1C)NC(=O)C1CCCC1. The van der Waals surface area contributed by atoms with Crippen LogP contribution < -0.4 is 10.6 Å². The smallest absolute Gasteiger partial charge is 0.228 e. The van der Waals surface area contributed by atoms with E-state index in [9.17, 15) is 9.59 Å². The highest BCUT2D eigenvalue weighted by Crippen LogP contribution is 2.24. The van der Waals surface area contributed by atoms with Crippen molar-refractivity contribution in [3.63, 3.8) is 0 Å². The van der Waals surface area contributed by atoms with Gasteiger partial charge in [-0.1, -0.05) is 26.7 Å². The van der Waals surface area contributed by atoms with Crippen molar-refractivity contribution in [2.45, 2.75) is 64.8 Å². The Balaban J connectivity index is 1.82. The fourth-order valence-electron chi connectivity index (χ4n) is 2.81. The second-order valence-electron chi connectivity index (χ2n) is 6.72. The number of carbonyl (C=O) groups excluding carboxylic acids is 2. The number of amides is 2. The topological polar surface area (TPSA) is 88.9 Å². The van der Waals surface area contributed by atoms with Gasteiger partial charge in [-0.15, -0.1) is 0 Å². The lowest BCUT2D eigenvalue weighted by Crippen LogP contribution is -2.38. The van der Waals surface area contributed by atoms with Gasteiger partial charge in [-0.25, -0.2) is 4.68 Å². The Morgan fingerprint density at radius 3 is 2.48 bits per heavy atom. The Labute approximate surface area is 137 Å². The van der Waals surface area contributed by atoms with Gasteiger partial charge in [0.15, 0.2) is 5.82 Å². The summed E-state index contributed by atoms with van der Waals surface area (Å²) < 4.78 is 1.56. The molecule has 0 spiro atoms. The standard InChI is InChI=1S/C16H27N5O2/c1-10(2)14-19-16(21(4)20-14)18-13(22)9-11(3)17-15(23)12-7-5-6-8-12/h10-12H,5-9H2,1-4H3,(H,17,23)(H,18,19,20,22). The van der Waals surface area contributed by atoms with Crippen molar-refractivity contribution in [1.29, 1.82) is 0 Å². The summed E-state index contributed by atoms with van der Waals surface area (Å²) in [4.78, 5) is 28.5. The summed E-state index contributed by atoms with van der Waals surface area (Å²) in [6, 6.07) is -0.194. The number of anilines is 1. The molecule has 23 heavy (non-hydrogen) atoms. The molecule has 1 saturated carbocycles. The zero-order chi connectivity index (χ0) is 17.0. The Morgan fingerprint density at radius 2 is 1.91 bits per heavy atom. The molecule has 0 radical (unpaired) electrons. The fourth-order valence-corrected chi connectivity index (χ4v) is 2.81. The van der Waals surface area contributed by atoms with E-state index in [2.05, 4.69) is 20.7 Å². The first-order valence-electron chi connectivity index (χ1n) is 8.38. The highest BCUT2D eigenvalue weighted by atomic mass is 16.2. The molecule has 2 rings (SSSR count). The minimum Gasteiger partial charge on any atom is -0.353 e. The number of aryl methyl sites for hydroxylation is 1. The highest BCUT2D eigenvalue weighted by molar-refractivity contribution is 5.90. The molecule has 2 N–H and O–H groups in total. The first-order chi connectivity index (χ1) is 10.9. The summed E-state index contributed by atoms with van der Waals surface area (Å²) in [6.45, 7) is 5.85. The van der Waals surface area contributed by atoms with Crippen molar-refractivity contribution in [1.82, 2.24) is 20.1 Å². The van der Waals surface area contributed by atoms with Gasteiger partial charge in [0.25, 0.3) is 0 Å². The van der Waals surface area contributed by atoms with Crippen LogP contribution in [0.4, 0.5) is 5.95 Å². The number of aromatic nitrogens is 3. The van der Waals surface area contributed by atoms with Crippen molar-refractivity contribution in [3.05, 3.63) is 5.82 Å². The van der Waals surface area contributed by atoms with E-state index in [0.29, 0.717) is 11.8 Å². The van der Waals surface area contributed by atoms with Crippen LogP contribution in [0.25, 0.3) is 0 Å². The number of hydrogen-bond donors (Lipinski definition) is 2. The van der Waals surface area contributed by atoms with Gasteiger partial charge in [0.2, 0.25) is 17.8 Å². The summed E-state index contributed by atoms with van der Waals surface area (Å²) in [5.74, 6) is 1.36. The van der Waals surface area contributed by atoms with Crippen LogP contribution in [-0.4, -0.2) is 32.6 Å². The van der Waals surface area contributed by atoms with Crippen LogP contribution >= 0.6 is 0 Å². The molecule has 1 fully saturated rings. The van der Waals surface area contributed by atoms with Gasteiger partial charge in [0.05, 0.1) is 0 Å². The van der Waals surface area contributed by atoms with Gasteiger partial charge < -0.3 is 5.32 Å². The summed E-state index contributed by atoms with van der Waals surface area (Å²) in [5.41, 5.74) is 0. The van der Waals surface area contributed by atoms with Crippen molar-refractivity contribution in [2.75, 3.05) is 5.32 Å². The van der Waals surface area contributed by atoms with Gasteiger partial charge >= 0.3 is 0 Å². The zero-order valence-electron chi connectivity index (χ0n) is 14.4. The third-order valence-corrected chi connectivity index (χ3v) is 4.15. The third-order valence-electron chi connectivity index (χ3n) is 4.15. The van der Waals surface area contributed by atoms with E-state index < -0.39 is 0 Å². The van der Waals surface area contributed by atoms with E-state index in [-0.39, 0.29) is 36.1 Å². The molecule has 1 unspecified atom stereocenters. The Bertz CT molecular complexity index is 561. The van der Waals surface area contributed by atoms with Crippen LogP contribution in [0.3, 0.4) is 0 Å². The average molecular weight is 321 g/mol.